The molecule has 1 fully saturated rings. The smallest absolute Gasteiger partial charge is 0.337 e. The average Bonchev–Trinajstić information content (AvgIpc) is 3.43. The van der Waals surface area contributed by atoms with Crippen molar-refractivity contribution >= 4 is 17.6 Å². The molecule has 5 heterocycles. The van der Waals surface area contributed by atoms with E-state index in [4.69, 9.17) is 24.2 Å². The van der Waals surface area contributed by atoms with Crippen molar-refractivity contribution in [3.63, 3.8) is 0 Å². The van der Waals surface area contributed by atoms with Crippen molar-refractivity contribution in [1.82, 2.24) is 14.4 Å². The molecule has 4 aromatic rings. The predicted molar refractivity (Wildman–Crippen MR) is 180 cm³/mol. The summed E-state index contributed by atoms with van der Waals surface area (Å²) in [7, 11) is 0. The predicted octanol–water partition coefficient (Wildman–Crippen LogP) is 7.78. The topological polar surface area (TPSA) is 98.4 Å². The fourth-order valence-corrected chi connectivity index (χ4v) is 6.60. The van der Waals surface area contributed by atoms with Crippen molar-refractivity contribution in [3.05, 3.63) is 65.7 Å². The highest BCUT2D eigenvalue weighted by Crippen LogP contribution is 2.39. The number of halogens is 1. The van der Waals surface area contributed by atoms with Gasteiger partial charge in [0.1, 0.15) is 17.4 Å². The molecule has 3 aliphatic rings. The third kappa shape index (κ3) is 7.13. The Balaban J connectivity index is 1.53. The molecule has 2 aromatic carbocycles. The molecule has 9 nitrogen and oxygen atoms in total. The van der Waals surface area contributed by atoms with Crippen LogP contribution >= 0.6 is 0 Å². The van der Waals surface area contributed by atoms with E-state index in [1.807, 2.05) is 69.5 Å². The van der Waals surface area contributed by atoms with Gasteiger partial charge in [0.05, 0.1) is 34.3 Å². The van der Waals surface area contributed by atoms with Gasteiger partial charge in [-0.2, -0.15) is 0 Å². The lowest BCUT2D eigenvalue weighted by Gasteiger charge is -2.41. The SMILES string of the molecule is Cc1nc2nc3cn2c(c1C(OC(C)(C)C)C(=O)O)N1CCC(C)(CC1)OCCCCC(C)Oc1ccc(F)cc1-c1cccc-3c1. The molecule has 47 heavy (non-hydrogen) atoms. The second-order valence-corrected chi connectivity index (χ2v) is 14.1. The van der Waals surface area contributed by atoms with Crippen LogP contribution in [0.15, 0.2) is 48.7 Å². The van der Waals surface area contributed by atoms with E-state index in [1.54, 1.807) is 6.07 Å². The van der Waals surface area contributed by atoms with Gasteiger partial charge in [0.25, 0.3) is 0 Å². The quantitative estimate of drug-likeness (QED) is 0.242. The molecule has 0 radical (unpaired) electrons. The van der Waals surface area contributed by atoms with Crippen LogP contribution in [-0.2, 0) is 14.3 Å². The van der Waals surface area contributed by atoms with Gasteiger partial charge in [0, 0.05) is 37.0 Å². The van der Waals surface area contributed by atoms with Crippen LogP contribution in [0.3, 0.4) is 0 Å². The van der Waals surface area contributed by atoms with E-state index in [1.165, 1.54) is 12.1 Å². The van der Waals surface area contributed by atoms with E-state index in [0.29, 0.717) is 59.6 Å². The number of hydrogen-bond acceptors (Lipinski definition) is 7. The van der Waals surface area contributed by atoms with Crippen molar-refractivity contribution in [2.45, 2.75) is 97.1 Å². The molecule has 6 bridgehead atoms. The molecule has 2 unspecified atom stereocenters. The van der Waals surface area contributed by atoms with Gasteiger partial charge < -0.3 is 24.2 Å². The molecule has 7 rings (SSSR count). The summed E-state index contributed by atoms with van der Waals surface area (Å²) < 4.78 is 35.5. The molecule has 0 amide bonds. The van der Waals surface area contributed by atoms with Crippen LogP contribution in [0.25, 0.3) is 28.2 Å². The Bertz CT molecular complexity index is 1770. The fourth-order valence-electron chi connectivity index (χ4n) is 6.60. The third-order valence-electron chi connectivity index (χ3n) is 9.09. The maximum absolute atomic E-state index is 14.6. The van der Waals surface area contributed by atoms with Gasteiger partial charge in [-0.15, -0.1) is 0 Å². The monoisotopic (exact) mass is 644 g/mol. The number of fused-ring (bicyclic) bond motifs is 8. The number of aliphatic carboxylic acids is 1. The normalized spacial score (nSPS) is 21.3. The van der Waals surface area contributed by atoms with Gasteiger partial charge in [-0.3, -0.25) is 4.40 Å². The Labute approximate surface area is 275 Å². The number of aromatic nitrogens is 3. The first-order valence-corrected chi connectivity index (χ1v) is 16.6. The van der Waals surface area contributed by atoms with Crippen molar-refractivity contribution in [3.8, 4) is 28.1 Å². The van der Waals surface area contributed by atoms with Crippen molar-refractivity contribution < 1.29 is 28.5 Å². The van der Waals surface area contributed by atoms with Crippen LogP contribution in [0.1, 0.15) is 84.1 Å². The highest BCUT2D eigenvalue weighted by atomic mass is 19.1. The second-order valence-electron chi connectivity index (χ2n) is 14.1. The largest absolute Gasteiger partial charge is 0.490 e. The Morgan fingerprint density at radius 1 is 1.11 bits per heavy atom. The summed E-state index contributed by atoms with van der Waals surface area (Å²) in [6.45, 7) is 13.6. The van der Waals surface area contributed by atoms with Crippen molar-refractivity contribution in [2.75, 3.05) is 24.6 Å². The Morgan fingerprint density at radius 3 is 2.57 bits per heavy atom. The molecule has 2 aromatic heterocycles. The summed E-state index contributed by atoms with van der Waals surface area (Å²) in [5, 5.41) is 10.5. The first-order chi connectivity index (χ1) is 22.3. The minimum Gasteiger partial charge on any atom is -0.490 e. The number of imidazole rings is 1. The van der Waals surface area contributed by atoms with Crippen LogP contribution in [0.2, 0.25) is 0 Å². The standard InChI is InChI=1S/C37H45FN4O5/c1-23-10-7-8-19-45-37(6)15-17-41(18-16-37)33-31(32(34(43)44)47-36(3,4)5)24(2)39-35-40-29(22-42(33)35)26-12-9-11-25(20-26)28-21-27(38)13-14-30(28)46-23/h9,11-14,20-23,32H,7-8,10,15-19H2,1-6H3,(H,43,44). The summed E-state index contributed by atoms with van der Waals surface area (Å²) in [5.41, 5.74) is 3.00. The van der Waals surface area contributed by atoms with Crippen LogP contribution < -0.4 is 9.64 Å². The second kappa shape index (κ2) is 12.9. The van der Waals surface area contributed by atoms with Crippen molar-refractivity contribution in [2.24, 2.45) is 0 Å². The zero-order valence-corrected chi connectivity index (χ0v) is 28.2. The molecule has 0 saturated carbocycles. The minimum absolute atomic E-state index is 0.0518. The summed E-state index contributed by atoms with van der Waals surface area (Å²) in [4.78, 5) is 24.8. The number of carboxylic acids is 1. The number of piperidine rings is 1. The van der Waals surface area contributed by atoms with E-state index < -0.39 is 17.7 Å². The molecule has 1 N–H and O–H groups in total. The summed E-state index contributed by atoms with van der Waals surface area (Å²) >= 11 is 0. The zero-order valence-electron chi connectivity index (χ0n) is 28.2. The van der Waals surface area contributed by atoms with Crippen LogP contribution in [-0.4, -0.2) is 62.4 Å². The Morgan fingerprint density at radius 2 is 1.85 bits per heavy atom. The molecule has 10 heteroatoms. The van der Waals surface area contributed by atoms with Crippen molar-refractivity contribution in [1.29, 1.82) is 0 Å². The lowest BCUT2D eigenvalue weighted by atomic mass is 9.92. The van der Waals surface area contributed by atoms with Gasteiger partial charge in [0.2, 0.25) is 5.78 Å². The molecule has 2 atom stereocenters. The summed E-state index contributed by atoms with van der Waals surface area (Å²) in [6.07, 6.45) is 4.88. The third-order valence-corrected chi connectivity index (χ3v) is 9.09. The summed E-state index contributed by atoms with van der Waals surface area (Å²) in [5.74, 6) is 0.375. The minimum atomic E-state index is -1.24. The number of anilines is 1. The number of rotatable bonds is 3. The van der Waals surface area contributed by atoms with E-state index in [0.717, 1.165) is 43.2 Å². The average molecular weight is 645 g/mol. The number of benzene rings is 2. The maximum atomic E-state index is 14.6. The van der Waals surface area contributed by atoms with Gasteiger partial charge in [-0.25, -0.2) is 19.2 Å². The maximum Gasteiger partial charge on any atom is 0.337 e. The lowest BCUT2D eigenvalue weighted by molar-refractivity contribution is -0.160. The summed E-state index contributed by atoms with van der Waals surface area (Å²) in [6, 6.07) is 12.4. The highest BCUT2D eigenvalue weighted by Gasteiger charge is 2.37. The van der Waals surface area contributed by atoms with E-state index >= 15 is 0 Å². The van der Waals surface area contributed by atoms with Gasteiger partial charge >= 0.3 is 5.97 Å². The zero-order chi connectivity index (χ0) is 33.5. The fraction of sp³-hybridized carbons (Fsp3) is 0.486. The van der Waals surface area contributed by atoms with E-state index in [-0.39, 0.29) is 17.5 Å². The lowest BCUT2D eigenvalue weighted by Crippen LogP contribution is -2.45. The van der Waals surface area contributed by atoms with Crippen LogP contribution in [0.5, 0.6) is 5.75 Å². The molecule has 0 spiro atoms. The van der Waals surface area contributed by atoms with Gasteiger partial charge in [-0.1, -0.05) is 18.2 Å². The molecular formula is C37H45FN4O5. The number of aryl methyl sites for hydroxylation is 1. The highest BCUT2D eigenvalue weighted by molar-refractivity contribution is 5.79. The van der Waals surface area contributed by atoms with Crippen LogP contribution in [0, 0.1) is 12.7 Å². The molecular weight excluding hydrogens is 599 g/mol. The molecule has 1 saturated heterocycles. The number of nitrogens with zero attached hydrogens (tertiary/aromatic N) is 4. The Hall–Kier alpha value is -4.02. The first kappa shape index (κ1) is 32.9. The number of hydrogen-bond donors (Lipinski definition) is 1. The Kier molecular flexibility index (Phi) is 9.02. The number of carbonyl (C=O) groups is 1. The molecule has 250 valence electrons. The molecule has 3 aliphatic heterocycles. The molecule has 0 aliphatic carbocycles. The van der Waals surface area contributed by atoms with E-state index in [9.17, 15) is 14.3 Å². The van der Waals surface area contributed by atoms with Gasteiger partial charge in [-0.05, 0) is 103 Å². The first-order valence-electron chi connectivity index (χ1n) is 16.6. The number of carboxylic acid groups (broad SMARTS) is 1. The van der Waals surface area contributed by atoms with E-state index in [2.05, 4.69) is 11.8 Å². The number of ether oxygens (including phenoxy) is 3. The van der Waals surface area contributed by atoms with Gasteiger partial charge in [0.15, 0.2) is 6.10 Å². The van der Waals surface area contributed by atoms with Crippen LogP contribution in [0.4, 0.5) is 10.2 Å².